The van der Waals surface area contributed by atoms with Crippen LogP contribution < -0.4 is 11.1 Å². The molecule has 0 heterocycles. The molecule has 0 saturated carbocycles. The third-order valence-corrected chi connectivity index (χ3v) is 2.94. The van der Waals surface area contributed by atoms with Crippen molar-refractivity contribution in [1.29, 1.82) is 0 Å². The Morgan fingerprint density at radius 1 is 1.10 bits per heavy atom. The minimum atomic E-state index is -0.920. The van der Waals surface area contributed by atoms with Crippen LogP contribution in [0.5, 0.6) is 5.75 Å². The molecule has 0 fully saturated rings. The van der Waals surface area contributed by atoms with Crippen molar-refractivity contribution in [2.24, 2.45) is 5.73 Å². The van der Waals surface area contributed by atoms with Gasteiger partial charge in [-0.1, -0.05) is 30.3 Å². The van der Waals surface area contributed by atoms with E-state index in [2.05, 4.69) is 5.32 Å². The second-order valence-electron chi connectivity index (χ2n) is 5.27. The van der Waals surface area contributed by atoms with Crippen LogP contribution in [0.25, 0.3) is 11.1 Å². The molecular weight excluding hydrogens is 252 g/mol. The molecule has 0 bridgehead atoms. The second kappa shape index (κ2) is 5.35. The van der Waals surface area contributed by atoms with Crippen LogP contribution in [-0.2, 0) is 4.79 Å². The van der Waals surface area contributed by atoms with E-state index in [1.165, 1.54) is 0 Å². The molecule has 4 nitrogen and oxygen atoms in total. The predicted octanol–water partition coefficient (Wildman–Crippen LogP) is 2.74. The highest BCUT2D eigenvalue weighted by Crippen LogP contribution is 2.29. The zero-order valence-corrected chi connectivity index (χ0v) is 11.6. The number of phenolic OH excluding ortho intramolecular Hbond substituents is 1. The summed E-state index contributed by atoms with van der Waals surface area (Å²) in [5.41, 5.74) is 7.11. The maximum absolute atomic E-state index is 11.8. The van der Waals surface area contributed by atoms with E-state index in [1.54, 1.807) is 38.1 Å². The SMILES string of the molecule is CC(C)(N)C(=O)Nc1ccc(-c2ccccc2O)cc1. The topological polar surface area (TPSA) is 75.4 Å². The number of benzene rings is 2. The summed E-state index contributed by atoms with van der Waals surface area (Å²) in [6.45, 7) is 3.30. The molecule has 104 valence electrons. The minimum Gasteiger partial charge on any atom is -0.507 e. The number of para-hydroxylation sites is 1. The van der Waals surface area contributed by atoms with Gasteiger partial charge in [-0.15, -0.1) is 0 Å². The summed E-state index contributed by atoms with van der Waals surface area (Å²) >= 11 is 0. The molecule has 0 aliphatic carbocycles. The van der Waals surface area contributed by atoms with E-state index >= 15 is 0 Å². The fourth-order valence-electron chi connectivity index (χ4n) is 1.74. The number of nitrogens with one attached hydrogen (secondary N) is 1. The van der Waals surface area contributed by atoms with Crippen LogP contribution >= 0.6 is 0 Å². The largest absolute Gasteiger partial charge is 0.507 e. The molecule has 0 aliphatic rings. The average Bonchev–Trinajstić information content (AvgIpc) is 2.39. The van der Waals surface area contributed by atoms with Gasteiger partial charge in [-0.2, -0.15) is 0 Å². The standard InChI is InChI=1S/C16H18N2O2/c1-16(2,17)15(20)18-12-9-7-11(8-10-12)13-5-3-4-6-14(13)19/h3-10,19H,17H2,1-2H3,(H,18,20). The molecule has 0 radical (unpaired) electrons. The summed E-state index contributed by atoms with van der Waals surface area (Å²) in [5, 5.41) is 12.5. The number of aromatic hydroxyl groups is 1. The van der Waals surface area contributed by atoms with Gasteiger partial charge in [-0.25, -0.2) is 0 Å². The number of phenols is 1. The van der Waals surface area contributed by atoms with Crippen molar-refractivity contribution in [3.05, 3.63) is 48.5 Å². The molecule has 4 N–H and O–H groups in total. The number of hydrogen-bond acceptors (Lipinski definition) is 3. The summed E-state index contributed by atoms with van der Waals surface area (Å²) in [6.07, 6.45) is 0. The normalized spacial score (nSPS) is 11.2. The van der Waals surface area contributed by atoms with E-state index < -0.39 is 5.54 Å². The first-order valence-corrected chi connectivity index (χ1v) is 6.37. The smallest absolute Gasteiger partial charge is 0.243 e. The van der Waals surface area contributed by atoms with Gasteiger partial charge in [0.2, 0.25) is 5.91 Å². The molecule has 20 heavy (non-hydrogen) atoms. The Morgan fingerprint density at radius 2 is 1.70 bits per heavy atom. The van der Waals surface area contributed by atoms with E-state index in [-0.39, 0.29) is 11.7 Å². The molecular formula is C16H18N2O2. The fraction of sp³-hybridized carbons (Fsp3) is 0.188. The van der Waals surface area contributed by atoms with Gasteiger partial charge in [0.25, 0.3) is 0 Å². The first kappa shape index (κ1) is 14.1. The summed E-state index contributed by atoms with van der Waals surface area (Å²) in [6, 6.07) is 14.4. The summed E-state index contributed by atoms with van der Waals surface area (Å²) in [4.78, 5) is 11.8. The molecule has 0 spiro atoms. The van der Waals surface area contributed by atoms with E-state index in [4.69, 9.17) is 5.73 Å². The van der Waals surface area contributed by atoms with Crippen LogP contribution in [0.1, 0.15) is 13.8 Å². The number of amides is 1. The Labute approximate surface area is 118 Å². The highest BCUT2D eigenvalue weighted by molar-refractivity contribution is 5.97. The van der Waals surface area contributed by atoms with E-state index in [0.717, 1.165) is 11.1 Å². The number of nitrogens with two attached hydrogens (primary N) is 1. The van der Waals surface area contributed by atoms with Crippen molar-refractivity contribution in [3.8, 4) is 16.9 Å². The highest BCUT2D eigenvalue weighted by atomic mass is 16.3. The van der Waals surface area contributed by atoms with Gasteiger partial charge in [0.05, 0.1) is 5.54 Å². The number of carbonyl (C=O) groups is 1. The van der Waals surface area contributed by atoms with Crippen molar-refractivity contribution in [3.63, 3.8) is 0 Å². The minimum absolute atomic E-state index is 0.229. The Bertz CT molecular complexity index is 613. The number of carbonyl (C=O) groups excluding carboxylic acids is 1. The maximum atomic E-state index is 11.8. The van der Waals surface area contributed by atoms with Crippen LogP contribution in [0.3, 0.4) is 0 Å². The predicted molar refractivity (Wildman–Crippen MR) is 80.4 cm³/mol. The monoisotopic (exact) mass is 270 g/mol. The Kier molecular flexibility index (Phi) is 3.77. The Balaban J connectivity index is 2.19. The van der Waals surface area contributed by atoms with Gasteiger partial charge in [-0.3, -0.25) is 4.79 Å². The zero-order valence-electron chi connectivity index (χ0n) is 11.6. The van der Waals surface area contributed by atoms with Crippen LogP contribution in [0.4, 0.5) is 5.69 Å². The fourth-order valence-corrected chi connectivity index (χ4v) is 1.74. The van der Waals surface area contributed by atoms with Crippen molar-refractivity contribution in [2.75, 3.05) is 5.32 Å². The van der Waals surface area contributed by atoms with Gasteiger partial charge >= 0.3 is 0 Å². The van der Waals surface area contributed by atoms with Gasteiger partial charge in [0, 0.05) is 11.3 Å². The molecule has 1 amide bonds. The molecule has 0 unspecified atom stereocenters. The lowest BCUT2D eigenvalue weighted by molar-refractivity contribution is -0.120. The molecule has 0 aliphatic heterocycles. The maximum Gasteiger partial charge on any atom is 0.243 e. The van der Waals surface area contributed by atoms with Gasteiger partial charge in [-0.05, 0) is 37.6 Å². The van der Waals surface area contributed by atoms with Crippen molar-refractivity contribution >= 4 is 11.6 Å². The lowest BCUT2D eigenvalue weighted by Gasteiger charge is -2.17. The van der Waals surface area contributed by atoms with Crippen molar-refractivity contribution < 1.29 is 9.90 Å². The van der Waals surface area contributed by atoms with Crippen LogP contribution in [0.2, 0.25) is 0 Å². The average molecular weight is 270 g/mol. The Hall–Kier alpha value is -2.33. The van der Waals surface area contributed by atoms with E-state index in [1.807, 2.05) is 24.3 Å². The third-order valence-electron chi connectivity index (χ3n) is 2.94. The number of rotatable bonds is 3. The van der Waals surface area contributed by atoms with Gasteiger partial charge < -0.3 is 16.2 Å². The summed E-state index contributed by atoms with van der Waals surface area (Å²) < 4.78 is 0. The zero-order chi connectivity index (χ0) is 14.8. The summed E-state index contributed by atoms with van der Waals surface area (Å²) in [5.74, 6) is -0.0137. The van der Waals surface area contributed by atoms with Crippen LogP contribution in [0, 0.1) is 0 Å². The highest BCUT2D eigenvalue weighted by Gasteiger charge is 2.21. The number of anilines is 1. The quantitative estimate of drug-likeness (QED) is 0.802. The first-order valence-electron chi connectivity index (χ1n) is 6.37. The Morgan fingerprint density at radius 3 is 2.25 bits per heavy atom. The molecule has 0 saturated heterocycles. The molecule has 2 rings (SSSR count). The van der Waals surface area contributed by atoms with Crippen molar-refractivity contribution in [2.45, 2.75) is 19.4 Å². The molecule has 2 aromatic rings. The first-order chi connectivity index (χ1) is 9.38. The van der Waals surface area contributed by atoms with E-state index in [9.17, 15) is 9.90 Å². The lowest BCUT2D eigenvalue weighted by atomic mass is 10.0. The molecule has 4 heteroatoms. The lowest BCUT2D eigenvalue weighted by Crippen LogP contribution is -2.45. The van der Waals surface area contributed by atoms with Crippen LogP contribution in [0.15, 0.2) is 48.5 Å². The molecule has 0 atom stereocenters. The number of hydrogen-bond donors (Lipinski definition) is 3. The van der Waals surface area contributed by atoms with Crippen molar-refractivity contribution in [1.82, 2.24) is 0 Å². The molecule has 0 aromatic heterocycles. The van der Waals surface area contributed by atoms with Crippen LogP contribution in [-0.4, -0.2) is 16.6 Å². The van der Waals surface area contributed by atoms with E-state index in [0.29, 0.717) is 5.69 Å². The van der Waals surface area contributed by atoms with Gasteiger partial charge in [0.15, 0.2) is 0 Å². The summed E-state index contributed by atoms with van der Waals surface area (Å²) in [7, 11) is 0. The van der Waals surface area contributed by atoms with Gasteiger partial charge in [0.1, 0.15) is 5.75 Å². The second-order valence-corrected chi connectivity index (χ2v) is 5.27. The third kappa shape index (κ3) is 3.16. The molecule has 2 aromatic carbocycles.